The Labute approximate surface area is 102 Å². The van der Waals surface area contributed by atoms with E-state index in [2.05, 4.69) is 19.2 Å². The van der Waals surface area contributed by atoms with Gasteiger partial charge in [-0.05, 0) is 36.5 Å². The predicted octanol–water partition coefficient (Wildman–Crippen LogP) is 3.11. The van der Waals surface area contributed by atoms with E-state index in [1.165, 1.54) is 18.9 Å². The van der Waals surface area contributed by atoms with Gasteiger partial charge in [-0.15, -0.1) is 0 Å². The van der Waals surface area contributed by atoms with Gasteiger partial charge in [0.15, 0.2) is 0 Å². The van der Waals surface area contributed by atoms with E-state index in [9.17, 15) is 4.39 Å². The van der Waals surface area contributed by atoms with E-state index in [0.29, 0.717) is 24.3 Å². The molecule has 0 bridgehead atoms. The molecule has 0 radical (unpaired) electrons. The van der Waals surface area contributed by atoms with Crippen LogP contribution in [-0.4, -0.2) is 12.6 Å². The molecule has 1 fully saturated rings. The van der Waals surface area contributed by atoms with Gasteiger partial charge in [0, 0.05) is 18.7 Å². The van der Waals surface area contributed by atoms with Crippen molar-refractivity contribution in [3.63, 3.8) is 0 Å². The molecule has 0 atom stereocenters. The molecule has 0 saturated heterocycles. The zero-order valence-corrected chi connectivity index (χ0v) is 10.5. The van der Waals surface area contributed by atoms with E-state index in [1.807, 2.05) is 6.07 Å². The van der Waals surface area contributed by atoms with E-state index in [-0.39, 0.29) is 5.82 Å². The maximum atomic E-state index is 13.4. The van der Waals surface area contributed by atoms with Crippen molar-refractivity contribution >= 4 is 0 Å². The first-order chi connectivity index (χ1) is 8.13. The Bertz CT molecular complexity index is 350. The Morgan fingerprint density at radius 2 is 2.12 bits per heavy atom. The van der Waals surface area contributed by atoms with Gasteiger partial charge < -0.3 is 10.1 Å². The van der Waals surface area contributed by atoms with Crippen LogP contribution >= 0.6 is 0 Å². The highest BCUT2D eigenvalue weighted by molar-refractivity contribution is 5.29. The summed E-state index contributed by atoms with van der Waals surface area (Å²) in [6, 6.07) is 5.57. The molecule has 0 aliphatic heterocycles. The highest BCUT2D eigenvalue weighted by atomic mass is 19.1. The Balaban J connectivity index is 1.94. The third kappa shape index (κ3) is 4.35. The summed E-state index contributed by atoms with van der Waals surface area (Å²) in [6.07, 6.45) is 2.48. The minimum absolute atomic E-state index is 0.223. The second kappa shape index (κ2) is 5.50. The van der Waals surface area contributed by atoms with Crippen LogP contribution in [0.2, 0.25) is 0 Å². The molecule has 0 heterocycles. The lowest BCUT2D eigenvalue weighted by Gasteiger charge is -2.11. The molecule has 0 unspecified atom stereocenters. The lowest BCUT2D eigenvalue weighted by atomic mass is 10.2. The Morgan fingerprint density at radius 1 is 1.35 bits per heavy atom. The first-order valence-corrected chi connectivity index (χ1v) is 6.29. The summed E-state index contributed by atoms with van der Waals surface area (Å²) in [6.45, 7) is 5.50. The fourth-order valence-electron chi connectivity index (χ4n) is 1.62. The van der Waals surface area contributed by atoms with Crippen LogP contribution < -0.4 is 10.1 Å². The van der Waals surface area contributed by atoms with Gasteiger partial charge >= 0.3 is 0 Å². The van der Waals surface area contributed by atoms with Gasteiger partial charge in [-0.25, -0.2) is 4.39 Å². The summed E-state index contributed by atoms with van der Waals surface area (Å²) in [7, 11) is 0. The fourth-order valence-corrected chi connectivity index (χ4v) is 1.62. The van der Waals surface area contributed by atoms with Gasteiger partial charge in [0.25, 0.3) is 0 Å². The normalized spacial score (nSPS) is 15.3. The Hall–Kier alpha value is -1.09. The van der Waals surface area contributed by atoms with Crippen LogP contribution in [0.15, 0.2) is 18.2 Å². The SMILES string of the molecule is CC(C)COc1cc(F)cc(CNC2CC2)c1. The summed E-state index contributed by atoms with van der Waals surface area (Å²) in [4.78, 5) is 0. The lowest BCUT2D eigenvalue weighted by molar-refractivity contribution is 0.269. The van der Waals surface area contributed by atoms with Gasteiger partial charge in [0.05, 0.1) is 6.61 Å². The first kappa shape index (κ1) is 12.4. The molecule has 0 aromatic heterocycles. The van der Waals surface area contributed by atoms with Crippen LogP contribution in [0, 0.1) is 11.7 Å². The van der Waals surface area contributed by atoms with Crippen molar-refractivity contribution in [3.8, 4) is 5.75 Å². The molecule has 1 aromatic rings. The van der Waals surface area contributed by atoms with Gasteiger partial charge in [-0.2, -0.15) is 0 Å². The number of hydrogen-bond donors (Lipinski definition) is 1. The molecular formula is C14H20FNO. The molecule has 1 aromatic carbocycles. The minimum Gasteiger partial charge on any atom is -0.493 e. The Morgan fingerprint density at radius 3 is 2.76 bits per heavy atom. The average Bonchev–Trinajstić information content (AvgIpc) is 3.07. The van der Waals surface area contributed by atoms with E-state index in [4.69, 9.17) is 4.74 Å². The van der Waals surface area contributed by atoms with Crippen molar-refractivity contribution < 1.29 is 9.13 Å². The highest BCUT2D eigenvalue weighted by Gasteiger charge is 2.20. The van der Waals surface area contributed by atoms with Gasteiger partial charge in [0.2, 0.25) is 0 Å². The van der Waals surface area contributed by atoms with Crippen molar-refractivity contribution in [1.29, 1.82) is 0 Å². The molecule has 2 nitrogen and oxygen atoms in total. The molecule has 3 heteroatoms. The number of hydrogen-bond acceptors (Lipinski definition) is 2. The largest absolute Gasteiger partial charge is 0.493 e. The first-order valence-electron chi connectivity index (χ1n) is 6.29. The molecule has 17 heavy (non-hydrogen) atoms. The monoisotopic (exact) mass is 237 g/mol. The van der Waals surface area contributed by atoms with Crippen molar-refractivity contribution in [2.45, 2.75) is 39.3 Å². The molecule has 1 aliphatic rings. The molecular weight excluding hydrogens is 217 g/mol. The number of ether oxygens (including phenoxy) is 1. The second-order valence-electron chi connectivity index (χ2n) is 5.16. The number of benzene rings is 1. The van der Waals surface area contributed by atoms with E-state index < -0.39 is 0 Å². The average molecular weight is 237 g/mol. The molecule has 1 N–H and O–H groups in total. The third-order valence-electron chi connectivity index (χ3n) is 2.69. The molecule has 2 rings (SSSR count). The number of nitrogens with one attached hydrogen (secondary N) is 1. The topological polar surface area (TPSA) is 21.3 Å². The number of halogens is 1. The van der Waals surface area contributed by atoms with Crippen LogP contribution in [0.3, 0.4) is 0 Å². The summed E-state index contributed by atoms with van der Waals surface area (Å²) in [5, 5.41) is 3.37. The lowest BCUT2D eigenvalue weighted by Crippen LogP contribution is -2.15. The van der Waals surface area contributed by atoms with Crippen LogP contribution in [0.5, 0.6) is 5.75 Å². The summed E-state index contributed by atoms with van der Waals surface area (Å²) >= 11 is 0. The zero-order chi connectivity index (χ0) is 12.3. The van der Waals surface area contributed by atoms with Crippen molar-refractivity contribution in [1.82, 2.24) is 5.32 Å². The van der Waals surface area contributed by atoms with E-state index in [0.717, 1.165) is 12.1 Å². The zero-order valence-electron chi connectivity index (χ0n) is 10.5. The summed E-state index contributed by atoms with van der Waals surface area (Å²) in [5.41, 5.74) is 0.954. The molecule has 1 aliphatic carbocycles. The van der Waals surface area contributed by atoms with Gasteiger partial charge in [0.1, 0.15) is 11.6 Å². The van der Waals surface area contributed by atoms with E-state index >= 15 is 0 Å². The molecule has 0 amide bonds. The quantitative estimate of drug-likeness (QED) is 0.820. The van der Waals surface area contributed by atoms with Crippen LogP contribution in [0.25, 0.3) is 0 Å². The molecule has 1 saturated carbocycles. The predicted molar refractivity (Wildman–Crippen MR) is 66.6 cm³/mol. The van der Waals surface area contributed by atoms with Gasteiger partial charge in [-0.1, -0.05) is 13.8 Å². The van der Waals surface area contributed by atoms with Crippen molar-refractivity contribution in [2.24, 2.45) is 5.92 Å². The molecule has 0 spiro atoms. The van der Waals surface area contributed by atoms with E-state index in [1.54, 1.807) is 6.07 Å². The Kier molecular flexibility index (Phi) is 4.00. The van der Waals surface area contributed by atoms with Gasteiger partial charge in [-0.3, -0.25) is 0 Å². The van der Waals surface area contributed by atoms with Crippen molar-refractivity contribution in [3.05, 3.63) is 29.6 Å². The maximum absolute atomic E-state index is 13.4. The standard InChI is InChI=1S/C14H20FNO/c1-10(2)9-17-14-6-11(5-12(15)7-14)8-16-13-3-4-13/h5-7,10,13,16H,3-4,8-9H2,1-2H3. The smallest absolute Gasteiger partial charge is 0.127 e. The van der Waals surface area contributed by atoms with Crippen LogP contribution in [0.4, 0.5) is 4.39 Å². The summed E-state index contributed by atoms with van der Waals surface area (Å²) < 4.78 is 18.9. The third-order valence-corrected chi connectivity index (χ3v) is 2.69. The summed E-state index contributed by atoms with van der Waals surface area (Å²) in [5.74, 6) is 0.858. The molecule has 94 valence electrons. The van der Waals surface area contributed by atoms with Crippen LogP contribution in [0.1, 0.15) is 32.3 Å². The fraction of sp³-hybridized carbons (Fsp3) is 0.571. The number of rotatable bonds is 6. The van der Waals surface area contributed by atoms with Crippen LogP contribution in [-0.2, 0) is 6.54 Å². The van der Waals surface area contributed by atoms with Crippen molar-refractivity contribution in [2.75, 3.05) is 6.61 Å². The second-order valence-corrected chi connectivity index (χ2v) is 5.16. The maximum Gasteiger partial charge on any atom is 0.127 e. The minimum atomic E-state index is -0.223. The highest BCUT2D eigenvalue weighted by Crippen LogP contribution is 2.21.